The zero-order chi connectivity index (χ0) is 12.8. The van der Waals surface area contributed by atoms with Crippen LogP contribution in [0.4, 0.5) is 11.4 Å². The molecule has 0 saturated heterocycles. The molecule has 2 heterocycles. The summed E-state index contributed by atoms with van der Waals surface area (Å²) in [7, 11) is 0. The number of carbonyl (C=O) groups is 1. The maximum Gasteiger partial charge on any atom is 0.259 e. The van der Waals surface area contributed by atoms with Crippen molar-refractivity contribution in [2.45, 2.75) is 18.9 Å². The van der Waals surface area contributed by atoms with Gasteiger partial charge in [0.05, 0.1) is 16.9 Å². The van der Waals surface area contributed by atoms with Gasteiger partial charge in [0, 0.05) is 12.6 Å². The Kier molecular flexibility index (Phi) is 2.18. The van der Waals surface area contributed by atoms with E-state index in [1.165, 1.54) is 12.8 Å². The molecule has 4 heteroatoms. The second-order valence-corrected chi connectivity index (χ2v) is 5.17. The Labute approximate surface area is 111 Å². The van der Waals surface area contributed by atoms with Gasteiger partial charge in [0.1, 0.15) is 5.82 Å². The molecule has 96 valence electrons. The van der Waals surface area contributed by atoms with Crippen LogP contribution in [0.2, 0.25) is 0 Å². The van der Waals surface area contributed by atoms with Crippen LogP contribution in [0.1, 0.15) is 12.8 Å². The first-order chi connectivity index (χ1) is 9.33. The molecule has 1 amide bonds. The standard InChI is InChI=1S/C15H15N3O/c19-15-11-4-3-9-18(10-7-8-10)14(11)16-12-5-1-2-6-13(12)17-15/h1-6,10,16H,7-9H2,(H,17,19). The van der Waals surface area contributed by atoms with Gasteiger partial charge in [-0.15, -0.1) is 0 Å². The first-order valence-electron chi connectivity index (χ1n) is 6.68. The van der Waals surface area contributed by atoms with Gasteiger partial charge in [-0.1, -0.05) is 18.2 Å². The zero-order valence-corrected chi connectivity index (χ0v) is 10.5. The Bertz CT molecular complexity index is 614. The number of anilines is 2. The van der Waals surface area contributed by atoms with Crippen LogP contribution in [0.25, 0.3) is 0 Å². The topological polar surface area (TPSA) is 44.4 Å². The summed E-state index contributed by atoms with van der Waals surface area (Å²) in [6.07, 6.45) is 6.42. The molecular weight excluding hydrogens is 238 g/mol. The maximum absolute atomic E-state index is 12.3. The Hall–Kier alpha value is -2.23. The highest BCUT2D eigenvalue weighted by Gasteiger charge is 2.34. The Morgan fingerprint density at radius 3 is 2.58 bits per heavy atom. The van der Waals surface area contributed by atoms with Crippen LogP contribution < -0.4 is 10.6 Å². The van der Waals surface area contributed by atoms with Gasteiger partial charge in [0.2, 0.25) is 0 Å². The molecule has 1 aromatic rings. The van der Waals surface area contributed by atoms with Crippen molar-refractivity contribution in [3.8, 4) is 0 Å². The molecule has 3 aliphatic rings. The SMILES string of the molecule is O=C1Nc2ccccc2NC2=C1C=CCN2C1CC1. The number of hydrogen-bond acceptors (Lipinski definition) is 3. The average Bonchev–Trinajstić information content (AvgIpc) is 3.25. The molecule has 2 aliphatic heterocycles. The Morgan fingerprint density at radius 2 is 1.84 bits per heavy atom. The molecular formula is C15H15N3O. The van der Waals surface area contributed by atoms with Crippen LogP contribution in [0.5, 0.6) is 0 Å². The van der Waals surface area contributed by atoms with Gasteiger partial charge >= 0.3 is 0 Å². The summed E-state index contributed by atoms with van der Waals surface area (Å²) in [5.41, 5.74) is 2.53. The lowest BCUT2D eigenvalue weighted by Gasteiger charge is -2.30. The molecule has 1 saturated carbocycles. The number of fused-ring (bicyclic) bond motifs is 1. The van der Waals surface area contributed by atoms with Gasteiger partial charge < -0.3 is 15.5 Å². The predicted octanol–water partition coefficient (Wildman–Crippen LogP) is 2.30. The van der Waals surface area contributed by atoms with Gasteiger partial charge in [-0.3, -0.25) is 4.79 Å². The highest BCUT2D eigenvalue weighted by molar-refractivity contribution is 6.09. The molecule has 4 nitrogen and oxygen atoms in total. The fourth-order valence-electron chi connectivity index (χ4n) is 2.67. The smallest absolute Gasteiger partial charge is 0.259 e. The lowest BCUT2D eigenvalue weighted by Crippen LogP contribution is -2.33. The molecule has 1 aromatic carbocycles. The summed E-state index contributed by atoms with van der Waals surface area (Å²) >= 11 is 0. The van der Waals surface area contributed by atoms with E-state index in [0.29, 0.717) is 6.04 Å². The quantitative estimate of drug-likeness (QED) is 0.807. The van der Waals surface area contributed by atoms with Crippen LogP contribution in [0, 0.1) is 0 Å². The fraction of sp³-hybridized carbons (Fsp3) is 0.267. The summed E-state index contributed by atoms with van der Waals surface area (Å²) < 4.78 is 0. The predicted molar refractivity (Wildman–Crippen MR) is 74.6 cm³/mol. The second-order valence-electron chi connectivity index (χ2n) is 5.17. The first-order valence-corrected chi connectivity index (χ1v) is 6.68. The van der Waals surface area contributed by atoms with Crippen molar-refractivity contribution in [1.82, 2.24) is 4.90 Å². The van der Waals surface area contributed by atoms with E-state index < -0.39 is 0 Å². The number of rotatable bonds is 1. The van der Waals surface area contributed by atoms with E-state index >= 15 is 0 Å². The summed E-state index contributed by atoms with van der Waals surface area (Å²) in [5, 5.41) is 6.40. The van der Waals surface area contributed by atoms with Crippen molar-refractivity contribution >= 4 is 17.3 Å². The summed E-state index contributed by atoms with van der Waals surface area (Å²) in [6, 6.07) is 8.41. The second kappa shape index (κ2) is 3.88. The van der Waals surface area contributed by atoms with E-state index in [1.807, 2.05) is 30.3 Å². The minimum atomic E-state index is -0.0333. The number of carbonyl (C=O) groups excluding carboxylic acids is 1. The normalized spacial score (nSPS) is 21.3. The number of hydrogen-bond donors (Lipinski definition) is 2. The van der Waals surface area contributed by atoms with Crippen molar-refractivity contribution in [2.24, 2.45) is 0 Å². The van der Waals surface area contributed by atoms with E-state index in [4.69, 9.17) is 0 Å². The molecule has 0 radical (unpaired) electrons. The molecule has 19 heavy (non-hydrogen) atoms. The summed E-state index contributed by atoms with van der Waals surface area (Å²) in [4.78, 5) is 14.6. The molecule has 0 unspecified atom stereocenters. The van der Waals surface area contributed by atoms with Crippen molar-refractivity contribution in [2.75, 3.05) is 17.2 Å². The van der Waals surface area contributed by atoms with Crippen LogP contribution in [-0.2, 0) is 4.79 Å². The number of nitrogens with one attached hydrogen (secondary N) is 2. The van der Waals surface area contributed by atoms with Crippen molar-refractivity contribution in [3.05, 3.63) is 47.8 Å². The molecule has 1 aliphatic carbocycles. The third kappa shape index (κ3) is 1.71. The van der Waals surface area contributed by atoms with Crippen molar-refractivity contribution < 1.29 is 4.79 Å². The highest BCUT2D eigenvalue weighted by Crippen LogP contribution is 2.36. The Balaban J connectivity index is 1.81. The van der Waals surface area contributed by atoms with E-state index in [1.54, 1.807) is 0 Å². The Morgan fingerprint density at radius 1 is 1.11 bits per heavy atom. The third-order valence-corrected chi connectivity index (χ3v) is 3.79. The number of nitrogens with zero attached hydrogens (tertiary/aromatic N) is 1. The molecule has 0 atom stereocenters. The molecule has 0 aromatic heterocycles. The average molecular weight is 253 g/mol. The number of para-hydroxylation sites is 2. The van der Waals surface area contributed by atoms with E-state index in [9.17, 15) is 4.79 Å². The lowest BCUT2D eigenvalue weighted by molar-refractivity contribution is -0.112. The van der Waals surface area contributed by atoms with Gasteiger partial charge in [-0.05, 0) is 31.1 Å². The molecule has 4 rings (SSSR count). The van der Waals surface area contributed by atoms with Gasteiger partial charge in [-0.25, -0.2) is 0 Å². The van der Waals surface area contributed by atoms with E-state index in [0.717, 1.165) is 29.3 Å². The molecule has 0 bridgehead atoms. The van der Waals surface area contributed by atoms with Gasteiger partial charge in [0.25, 0.3) is 5.91 Å². The molecule has 0 spiro atoms. The number of amides is 1. The lowest BCUT2D eigenvalue weighted by atomic mass is 10.1. The fourth-order valence-corrected chi connectivity index (χ4v) is 2.67. The zero-order valence-electron chi connectivity index (χ0n) is 10.5. The summed E-state index contributed by atoms with van der Waals surface area (Å²) in [5.74, 6) is 0.918. The van der Waals surface area contributed by atoms with Crippen LogP contribution in [0.15, 0.2) is 47.8 Å². The first kappa shape index (κ1) is 10.7. The van der Waals surface area contributed by atoms with Gasteiger partial charge in [0.15, 0.2) is 0 Å². The van der Waals surface area contributed by atoms with Crippen LogP contribution >= 0.6 is 0 Å². The maximum atomic E-state index is 12.3. The monoisotopic (exact) mass is 253 g/mol. The van der Waals surface area contributed by atoms with Crippen molar-refractivity contribution in [3.63, 3.8) is 0 Å². The number of benzene rings is 1. The third-order valence-electron chi connectivity index (χ3n) is 3.79. The minimum absolute atomic E-state index is 0.0333. The van der Waals surface area contributed by atoms with E-state index in [2.05, 4.69) is 21.6 Å². The van der Waals surface area contributed by atoms with Crippen LogP contribution in [0.3, 0.4) is 0 Å². The van der Waals surface area contributed by atoms with Crippen molar-refractivity contribution in [1.29, 1.82) is 0 Å². The molecule has 1 fully saturated rings. The van der Waals surface area contributed by atoms with E-state index in [-0.39, 0.29) is 5.91 Å². The largest absolute Gasteiger partial charge is 0.351 e. The summed E-state index contributed by atoms with van der Waals surface area (Å²) in [6.45, 7) is 0.881. The highest BCUT2D eigenvalue weighted by atomic mass is 16.1. The van der Waals surface area contributed by atoms with Gasteiger partial charge in [-0.2, -0.15) is 0 Å². The minimum Gasteiger partial charge on any atom is -0.351 e. The van der Waals surface area contributed by atoms with Crippen LogP contribution in [-0.4, -0.2) is 23.4 Å². The molecule has 2 N–H and O–H groups in total.